The predicted molar refractivity (Wildman–Crippen MR) is 146 cm³/mol. The molecule has 0 aliphatic rings. The third-order valence-electron chi connectivity index (χ3n) is 6.36. The van der Waals surface area contributed by atoms with Crippen LogP contribution in [0.2, 0.25) is 0 Å². The summed E-state index contributed by atoms with van der Waals surface area (Å²) in [5.74, 6) is 2.77. The first-order valence-electron chi connectivity index (χ1n) is 11.2. The van der Waals surface area contributed by atoms with E-state index in [1.807, 2.05) is 12.1 Å². The van der Waals surface area contributed by atoms with E-state index in [9.17, 15) is 0 Å². The fraction of sp³-hybridized carbons (Fsp3) is 0.133. The second-order valence-electron chi connectivity index (χ2n) is 8.10. The van der Waals surface area contributed by atoms with E-state index in [-0.39, 0.29) is 0 Å². The lowest BCUT2D eigenvalue weighted by molar-refractivity contribution is 0.355. The van der Waals surface area contributed by atoms with E-state index in [1.54, 1.807) is 28.4 Å². The number of hydrogen-bond donors (Lipinski definition) is 0. The minimum atomic E-state index is 0.687. The van der Waals surface area contributed by atoms with Crippen LogP contribution in [-0.2, 0) is 0 Å². The summed E-state index contributed by atoms with van der Waals surface area (Å²) in [7, 11) is 6.63. The van der Waals surface area contributed by atoms with Gasteiger partial charge in [0.25, 0.3) is 0 Å². The van der Waals surface area contributed by atoms with Gasteiger partial charge in [-0.2, -0.15) is 0 Å². The zero-order chi connectivity index (χ0) is 24.5. The number of hydrogen-bond acceptors (Lipinski definition) is 4. The number of methoxy groups -OCH3 is 4. The third kappa shape index (κ3) is 3.86. The molecule has 5 aromatic carbocycles. The summed E-state index contributed by atoms with van der Waals surface area (Å²) >= 11 is 3.96. The van der Waals surface area contributed by atoms with Crippen molar-refractivity contribution in [1.82, 2.24) is 0 Å². The van der Waals surface area contributed by atoms with Crippen molar-refractivity contribution in [3.8, 4) is 45.3 Å². The number of benzene rings is 5. The van der Waals surface area contributed by atoms with Gasteiger partial charge in [-0.3, -0.25) is 0 Å². The minimum Gasteiger partial charge on any atom is -0.493 e. The van der Waals surface area contributed by atoms with Crippen LogP contribution in [-0.4, -0.2) is 28.4 Å². The Bertz CT molecular complexity index is 1560. The zero-order valence-corrected chi connectivity index (χ0v) is 21.6. The van der Waals surface area contributed by atoms with Gasteiger partial charge in [-0.1, -0.05) is 54.6 Å². The van der Waals surface area contributed by atoms with Gasteiger partial charge in [0, 0.05) is 10.0 Å². The number of halogens is 1. The van der Waals surface area contributed by atoms with E-state index in [0.717, 1.165) is 48.3 Å². The molecule has 0 spiro atoms. The van der Waals surface area contributed by atoms with Gasteiger partial charge in [0.15, 0.2) is 23.0 Å². The highest BCUT2D eigenvalue weighted by Crippen LogP contribution is 2.48. The zero-order valence-electron chi connectivity index (χ0n) is 20.0. The fourth-order valence-electron chi connectivity index (χ4n) is 4.69. The second kappa shape index (κ2) is 9.51. The molecule has 4 nitrogen and oxygen atoms in total. The van der Waals surface area contributed by atoms with Crippen LogP contribution in [0.5, 0.6) is 23.0 Å². The average Bonchev–Trinajstić information content (AvgIpc) is 2.92. The molecule has 5 rings (SSSR count). The van der Waals surface area contributed by atoms with E-state index in [2.05, 4.69) is 82.7 Å². The molecule has 0 unspecified atom stereocenters. The molecule has 0 heterocycles. The second-order valence-corrected chi connectivity index (χ2v) is 8.90. The molecule has 0 fully saturated rings. The third-order valence-corrected chi connectivity index (χ3v) is 7.18. The molecule has 0 bridgehead atoms. The van der Waals surface area contributed by atoms with Crippen molar-refractivity contribution in [2.75, 3.05) is 28.4 Å². The summed E-state index contributed by atoms with van der Waals surface area (Å²) in [4.78, 5) is 0. The molecule has 5 heteroatoms. The van der Waals surface area contributed by atoms with Crippen molar-refractivity contribution in [3.63, 3.8) is 0 Å². The number of rotatable bonds is 6. The molecule has 0 amide bonds. The Hall–Kier alpha value is -3.70. The summed E-state index contributed by atoms with van der Waals surface area (Å²) in [6.07, 6.45) is 0. The monoisotopic (exact) mass is 528 g/mol. The fourth-order valence-corrected chi connectivity index (χ4v) is 5.46. The molecule has 0 aliphatic heterocycles. The first kappa shape index (κ1) is 23.1. The van der Waals surface area contributed by atoms with Gasteiger partial charge in [0.2, 0.25) is 0 Å². The Morgan fingerprint density at radius 1 is 0.486 bits per heavy atom. The van der Waals surface area contributed by atoms with Gasteiger partial charge in [-0.25, -0.2) is 0 Å². The summed E-state index contributed by atoms with van der Waals surface area (Å²) in [5.41, 5.74) is 4.30. The molecule has 0 atom stereocenters. The highest BCUT2D eigenvalue weighted by molar-refractivity contribution is 9.10. The van der Waals surface area contributed by atoms with Crippen molar-refractivity contribution >= 4 is 37.5 Å². The molecule has 0 aliphatic carbocycles. The lowest BCUT2D eigenvalue weighted by Gasteiger charge is -2.19. The topological polar surface area (TPSA) is 36.9 Å². The Kier molecular flexibility index (Phi) is 6.27. The SMILES string of the molecule is COc1ccc(-c2ccccc2-c2c(Br)c3ccccc3c3cc(OC)c(OC)cc23)cc1OC. The van der Waals surface area contributed by atoms with Crippen LogP contribution in [0, 0.1) is 0 Å². The molecule has 176 valence electrons. The van der Waals surface area contributed by atoms with Crippen molar-refractivity contribution < 1.29 is 18.9 Å². The van der Waals surface area contributed by atoms with Gasteiger partial charge in [-0.15, -0.1) is 0 Å². The highest BCUT2D eigenvalue weighted by Gasteiger charge is 2.20. The van der Waals surface area contributed by atoms with Crippen LogP contribution in [0.3, 0.4) is 0 Å². The van der Waals surface area contributed by atoms with E-state index < -0.39 is 0 Å². The van der Waals surface area contributed by atoms with Crippen molar-refractivity contribution in [3.05, 3.63) is 83.3 Å². The first-order chi connectivity index (χ1) is 17.1. The maximum absolute atomic E-state index is 5.69. The van der Waals surface area contributed by atoms with Crippen molar-refractivity contribution in [2.24, 2.45) is 0 Å². The lowest BCUT2D eigenvalue weighted by Crippen LogP contribution is -1.95. The summed E-state index contributed by atoms with van der Waals surface area (Å²) in [6, 6.07) is 26.9. The van der Waals surface area contributed by atoms with E-state index in [0.29, 0.717) is 23.0 Å². The van der Waals surface area contributed by atoms with Crippen LogP contribution in [0.15, 0.2) is 83.3 Å². The molecule has 35 heavy (non-hydrogen) atoms. The summed E-state index contributed by atoms with van der Waals surface area (Å²) in [5, 5.41) is 4.44. The van der Waals surface area contributed by atoms with Gasteiger partial charge in [-0.05, 0) is 78.4 Å². The van der Waals surface area contributed by atoms with E-state index in [4.69, 9.17) is 18.9 Å². The van der Waals surface area contributed by atoms with E-state index >= 15 is 0 Å². The Balaban J connectivity index is 1.89. The average molecular weight is 529 g/mol. The van der Waals surface area contributed by atoms with Crippen LogP contribution >= 0.6 is 15.9 Å². The maximum atomic E-state index is 5.69. The molecular weight excluding hydrogens is 504 g/mol. The molecular formula is C30H25BrO4. The lowest BCUT2D eigenvalue weighted by atomic mass is 9.88. The molecule has 0 radical (unpaired) electrons. The number of ether oxygens (including phenoxy) is 4. The van der Waals surface area contributed by atoms with Gasteiger partial charge in [0.1, 0.15) is 0 Å². The van der Waals surface area contributed by atoms with Gasteiger partial charge >= 0.3 is 0 Å². The molecule has 0 aromatic heterocycles. The first-order valence-corrected chi connectivity index (χ1v) is 12.0. The van der Waals surface area contributed by atoms with Crippen LogP contribution < -0.4 is 18.9 Å². The molecule has 5 aromatic rings. The molecule has 0 saturated heterocycles. The standard InChI is InChI=1S/C30H25BrO4/c1-32-25-14-13-18(15-26(25)33-2)19-9-5-7-11-21(19)29-24-17-28(35-4)27(34-3)16-23(24)20-10-6-8-12-22(20)30(29)31/h5-17H,1-4H3. The van der Waals surface area contributed by atoms with Gasteiger partial charge < -0.3 is 18.9 Å². The summed E-state index contributed by atoms with van der Waals surface area (Å²) < 4.78 is 23.4. The molecule has 0 saturated carbocycles. The predicted octanol–water partition coefficient (Wildman–Crippen LogP) is 8.12. The summed E-state index contributed by atoms with van der Waals surface area (Å²) in [6.45, 7) is 0. The minimum absolute atomic E-state index is 0.687. The largest absolute Gasteiger partial charge is 0.493 e. The smallest absolute Gasteiger partial charge is 0.161 e. The van der Waals surface area contributed by atoms with E-state index in [1.165, 1.54) is 0 Å². The van der Waals surface area contributed by atoms with Crippen LogP contribution in [0.4, 0.5) is 0 Å². The Morgan fingerprint density at radius 3 is 1.69 bits per heavy atom. The highest BCUT2D eigenvalue weighted by atomic mass is 79.9. The quantitative estimate of drug-likeness (QED) is 0.208. The van der Waals surface area contributed by atoms with Crippen LogP contribution in [0.25, 0.3) is 43.8 Å². The van der Waals surface area contributed by atoms with Crippen molar-refractivity contribution in [1.29, 1.82) is 0 Å². The number of fused-ring (bicyclic) bond motifs is 3. The van der Waals surface area contributed by atoms with Crippen molar-refractivity contribution in [2.45, 2.75) is 0 Å². The van der Waals surface area contributed by atoms with Crippen LogP contribution in [0.1, 0.15) is 0 Å². The van der Waals surface area contributed by atoms with Gasteiger partial charge in [0.05, 0.1) is 28.4 Å². The normalized spacial score (nSPS) is 11.0. The Labute approximate surface area is 213 Å². The maximum Gasteiger partial charge on any atom is 0.161 e. The molecule has 0 N–H and O–H groups in total. The Morgan fingerprint density at radius 2 is 1.03 bits per heavy atom.